The maximum absolute atomic E-state index is 12.8. The second kappa shape index (κ2) is 8.45. The molecule has 4 rings (SSSR count). The van der Waals surface area contributed by atoms with E-state index in [9.17, 15) is 4.79 Å². The second-order valence-corrected chi connectivity index (χ2v) is 8.61. The van der Waals surface area contributed by atoms with Gasteiger partial charge >= 0.3 is 0 Å². The molecule has 4 aromatic rings. The monoisotopic (exact) mass is 441 g/mol. The average Bonchev–Trinajstić information content (AvgIpc) is 3.27. The molecule has 2 aromatic heterocycles. The molecule has 0 radical (unpaired) electrons. The molecule has 154 valence electrons. The highest BCUT2D eigenvalue weighted by Gasteiger charge is 2.12. The largest absolute Gasteiger partial charge is 0.493 e. The molecule has 0 N–H and O–H groups in total. The van der Waals surface area contributed by atoms with Crippen LogP contribution in [0.5, 0.6) is 11.5 Å². The third-order valence-corrected chi connectivity index (χ3v) is 5.55. The third kappa shape index (κ3) is 4.17. The van der Waals surface area contributed by atoms with Crippen molar-refractivity contribution in [1.82, 2.24) is 14.6 Å². The zero-order valence-electron chi connectivity index (χ0n) is 16.8. The molecule has 0 saturated heterocycles. The number of aromatic nitrogens is 3. The van der Waals surface area contributed by atoms with Crippen molar-refractivity contribution in [1.29, 1.82) is 0 Å². The molecule has 0 aliphatic carbocycles. The highest BCUT2D eigenvalue weighted by atomic mass is 35.5. The first kappa shape index (κ1) is 20.4. The van der Waals surface area contributed by atoms with E-state index in [1.165, 1.54) is 15.9 Å². The standard InChI is InChI=1S/C22H20ClN3O3S/c1-13(2)12-29-17-9-4-14(10-18(17)28-3)11-19-21(27)26-22(30-19)24-20(25-26)15-5-7-16(23)8-6-15/h4-11,13H,12H2,1-3H3. The van der Waals surface area contributed by atoms with Crippen LogP contribution >= 0.6 is 22.9 Å². The number of benzene rings is 2. The van der Waals surface area contributed by atoms with Gasteiger partial charge in [-0.2, -0.15) is 9.50 Å². The molecule has 30 heavy (non-hydrogen) atoms. The van der Waals surface area contributed by atoms with E-state index in [1.807, 2.05) is 30.3 Å². The molecular formula is C22H20ClN3O3S. The quantitative estimate of drug-likeness (QED) is 0.451. The van der Waals surface area contributed by atoms with Crippen molar-refractivity contribution in [3.8, 4) is 22.9 Å². The lowest BCUT2D eigenvalue weighted by Gasteiger charge is -2.12. The predicted molar refractivity (Wildman–Crippen MR) is 120 cm³/mol. The highest BCUT2D eigenvalue weighted by molar-refractivity contribution is 7.15. The number of hydrogen-bond donors (Lipinski definition) is 0. The first-order valence-corrected chi connectivity index (χ1v) is 10.6. The molecular weight excluding hydrogens is 422 g/mol. The van der Waals surface area contributed by atoms with Gasteiger partial charge in [-0.05, 0) is 54.0 Å². The zero-order valence-corrected chi connectivity index (χ0v) is 18.3. The van der Waals surface area contributed by atoms with Crippen molar-refractivity contribution in [2.24, 2.45) is 5.92 Å². The van der Waals surface area contributed by atoms with Gasteiger partial charge in [0.15, 0.2) is 17.3 Å². The van der Waals surface area contributed by atoms with E-state index in [0.717, 1.165) is 11.1 Å². The number of methoxy groups -OCH3 is 1. The Hall–Kier alpha value is -2.90. The maximum atomic E-state index is 12.8. The van der Waals surface area contributed by atoms with Gasteiger partial charge in [-0.3, -0.25) is 4.79 Å². The number of nitrogens with zero attached hydrogens (tertiary/aromatic N) is 3. The minimum atomic E-state index is -0.207. The molecule has 2 heterocycles. The van der Waals surface area contributed by atoms with Crippen LogP contribution in [0, 0.1) is 5.92 Å². The molecule has 0 unspecified atom stereocenters. The third-order valence-electron chi connectivity index (χ3n) is 4.34. The first-order valence-electron chi connectivity index (χ1n) is 9.42. The fourth-order valence-corrected chi connectivity index (χ4v) is 3.89. The lowest BCUT2D eigenvalue weighted by atomic mass is 10.2. The normalized spacial score (nSPS) is 12.1. The van der Waals surface area contributed by atoms with Crippen molar-refractivity contribution < 1.29 is 9.47 Å². The Morgan fingerprint density at radius 2 is 1.93 bits per heavy atom. The van der Waals surface area contributed by atoms with E-state index >= 15 is 0 Å². The predicted octanol–water partition coefficient (Wildman–Crippen LogP) is 4.06. The molecule has 8 heteroatoms. The summed E-state index contributed by atoms with van der Waals surface area (Å²) in [5.41, 5.74) is 1.44. The van der Waals surface area contributed by atoms with Crippen LogP contribution in [0.3, 0.4) is 0 Å². The van der Waals surface area contributed by atoms with Crippen molar-refractivity contribution in [3.63, 3.8) is 0 Å². The number of thiazole rings is 1. The van der Waals surface area contributed by atoms with E-state index in [0.29, 0.717) is 44.4 Å². The maximum Gasteiger partial charge on any atom is 0.291 e. The molecule has 0 spiro atoms. The Morgan fingerprint density at radius 1 is 1.17 bits per heavy atom. The fourth-order valence-electron chi connectivity index (χ4n) is 2.86. The summed E-state index contributed by atoms with van der Waals surface area (Å²) in [7, 11) is 1.60. The van der Waals surface area contributed by atoms with Crippen LogP contribution in [-0.2, 0) is 0 Å². The molecule has 0 atom stereocenters. The Balaban J connectivity index is 1.67. The minimum absolute atomic E-state index is 0.207. The van der Waals surface area contributed by atoms with Gasteiger partial charge in [-0.1, -0.05) is 42.9 Å². The Labute approximate surface area is 182 Å². The summed E-state index contributed by atoms with van der Waals surface area (Å²) in [6.45, 7) is 4.78. The molecule has 0 aliphatic rings. The number of halogens is 1. The van der Waals surface area contributed by atoms with Crippen molar-refractivity contribution in [3.05, 3.63) is 67.9 Å². The van der Waals surface area contributed by atoms with Crippen molar-refractivity contribution in [2.45, 2.75) is 13.8 Å². The van der Waals surface area contributed by atoms with Crippen molar-refractivity contribution >= 4 is 34.0 Å². The highest BCUT2D eigenvalue weighted by Crippen LogP contribution is 2.28. The topological polar surface area (TPSA) is 65.7 Å². The van der Waals surface area contributed by atoms with E-state index < -0.39 is 0 Å². The summed E-state index contributed by atoms with van der Waals surface area (Å²) in [4.78, 5) is 17.8. The Bertz CT molecular complexity index is 1300. The van der Waals surface area contributed by atoms with Crippen LogP contribution in [0.2, 0.25) is 5.02 Å². The Morgan fingerprint density at radius 3 is 2.60 bits per heavy atom. The summed E-state index contributed by atoms with van der Waals surface area (Å²) in [6.07, 6.45) is 1.81. The van der Waals surface area contributed by atoms with Crippen LogP contribution in [0.15, 0.2) is 47.3 Å². The molecule has 0 aliphatic heterocycles. The molecule has 0 saturated carbocycles. The zero-order chi connectivity index (χ0) is 21.3. The van der Waals surface area contributed by atoms with Crippen LogP contribution < -0.4 is 19.6 Å². The molecule has 0 fully saturated rings. The van der Waals surface area contributed by atoms with Crippen LogP contribution in [0.4, 0.5) is 0 Å². The number of hydrogen-bond acceptors (Lipinski definition) is 6. The molecule has 6 nitrogen and oxygen atoms in total. The van der Waals surface area contributed by atoms with Gasteiger partial charge in [0, 0.05) is 10.6 Å². The smallest absolute Gasteiger partial charge is 0.291 e. The second-order valence-electron chi connectivity index (χ2n) is 7.17. The molecule has 0 bridgehead atoms. The van der Waals surface area contributed by atoms with E-state index in [4.69, 9.17) is 21.1 Å². The van der Waals surface area contributed by atoms with Gasteiger partial charge in [-0.15, -0.1) is 5.10 Å². The van der Waals surface area contributed by atoms with Crippen LogP contribution in [-0.4, -0.2) is 28.3 Å². The number of rotatable bonds is 6. The number of ether oxygens (including phenoxy) is 2. The first-order chi connectivity index (χ1) is 14.4. The van der Waals surface area contributed by atoms with Gasteiger partial charge in [0.25, 0.3) is 5.56 Å². The van der Waals surface area contributed by atoms with Gasteiger partial charge in [-0.25, -0.2) is 0 Å². The van der Waals surface area contributed by atoms with Gasteiger partial charge in [0.1, 0.15) is 0 Å². The summed E-state index contributed by atoms with van der Waals surface area (Å²) in [5, 5.41) is 5.00. The van der Waals surface area contributed by atoms with E-state index in [1.54, 1.807) is 25.3 Å². The summed E-state index contributed by atoms with van der Waals surface area (Å²) >= 11 is 7.22. The minimum Gasteiger partial charge on any atom is -0.493 e. The van der Waals surface area contributed by atoms with Crippen LogP contribution in [0.1, 0.15) is 19.4 Å². The molecule has 2 aromatic carbocycles. The SMILES string of the molecule is COc1cc(C=c2sc3nc(-c4ccc(Cl)cc4)nn3c2=O)ccc1OCC(C)C. The lowest BCUT2D eigenvalue weighted by molar-refractivity contribution is 0.257. The van der Waals surface area contributed by atoms with Gasteiger partial charge in [0.05, 0.1) is 18.2 Å². The fraction of sp³-hybridized carbons (Fsp3) is 0.227. The van der Waals surface area contributed by atoms with Gasteiger partial charge < -0.3 is 9.47 Å². The van der Waals surface area contributed by atoms with E-state index in [-0.39, 0.29) is 5.56 Å². The average molecular weight is 442 g/mol. The molecule has 0 amide bonds. The lowest BCUT2D eigenvalue weighted by Crippen LogP contribution is -2.23. The Kier molecular flexibility index (Phi) is 5.74. The summed E-state index contributed by atoms with van der Waals surface area (Å²) < 4.78 is 13.1. The summed E-state index contributed by atoms with van der Waals surface area (Å²) in [5.74, 6) is 2.22. The van der Waals surface area contributed by atoms with Crippen molar-refractivity contribution in [2.75, 3.05) is 13.7 Å². The summed E-state index contributed by atoms with van der Waals surface area (Å²) in [6, 6.07) is 12.8. The number of fused-ring (bicyclic) bond motifs is 1. The van der Waals surface area contributed by atoms with Gasteiger partial charge in [0.2, 0.25) is 4.96 Å². The van der Waals surface area contributed by atoms with E-state index in [2.05, 4.69) is 23.9 Å². The van der Waals surface area contributed by atoms with Crippen LogP contribution in [0.25, 0.3) is 22.4 Å².